The van der Waals surface area contributed by atoms with E-state index in [0.717, 1.165) is 33.5 Å². The Labute approximate surface area is 136 Å². The maximum absolute atomic E-state index is 12.0. The van der Waals surface area contributed by atoms with Gasteiger partial charge in [0.1, 0.15) is 6.10 Å². The molecule has 2 nitrogen and oxygen atoms in total. The summed E-state index contributed by atoms with van der Waals surface area (Å²) in [4.78, 5) is 12.0. The SMILES string of the molecule is C=C(C)C(=O)OC(CC)c1c2ccccc2cc2ccccc12. The average Bonchev–Trinajstić information content (AvgIpc) is 2.57. The minimum absolute atomic E-state index is 0.282. The highest BCUT2D eigenvalue weighted by molar-refractivity contribution is 6.02. The molecule has 0 N–H and O–H groups in total. The van der Waals surface area contributed by atoms with E-state index in [2.05, 4.69) is 36.9 Å². The maximum Gasteiger partial charge on any atom is 0.333 e. The standard InChI is InChI=1S/C21H20O2/c1-4-19(23-21(22)14(2)3)20-17-11-7-5-9-15(17)13-16-10-6-8-12-18(16)20/h5-13,19H,2,4H2,1,3H3. The molecule has 23 heavy (non-hydrogen) atoms. The summed E-state index contributed by atoms with van der Waals surface area (Å²) in [5.74, 6) is -0.339. The van der Waals surface area contributed by atoms with Crippen molar-refractivity contribution in [2.45, 2.75) is 26.4 Å². The third-order valence-corrected chi connectivity index (χ3v) is 4.10. The quantitative estimate of drug-likeness (QED) is 0.358. The molecule has 0 amide bonds. The predicted octanol–water partition coefficient (Wildman–Crippen LogP) is 5.56. The minimum atomic E-state index is -0.339. The van der Waals surface area contributed by atoms with Gasteiger partial charge >= 0.3 is 5.97 Å². The second-order valence-corrected chi connectivity index (χ2v) is 5.82. The molecule has 0 saturated carbocycles. The fraction of sp³-hybridized carbons (Fsp3) is 0.190. The van der Waals surface area contributed by atoms with Gasteiger partial charge < -0.3 is 4.74 Å². The molecule has 0 radical (unpaired) electrons. The van der Waals surface area contributed by atoms with E-state index in [9.17, 15) is 4.79 Å². The first-order chi connectivity index (χ1) is 11.1. The molecule has 116 valence electrons. The van der Waals surface area contributed by atoms with Crippen LogP contribution >= 0.6 is 0 Å². The Hall–Kier alpha value is -2.61. The summed E-state index contributed by atoms with van der Waals surface area (Å²) < 4.78 is 5.72. The van der Waals surface area contributed by atoms with Gasteiger partial charge in [-0.05, 0) is 41.0 Å². The molecule has 3 aromatic carbocycles. The van der Waals surface area contributed by atoms with E-state index >= 15 is 0 Å². The molecule has 0 aliphatic heterocycles. The first kappa shape index (κ1) is 15.3. The Morgan fingerprint density at radius 3 is 2.04 bits per heavy atom. The van der Waals surface area contributed by atoms with Crippen LogP contribution in [-0.2, 0) is 9.53 Å². The summed E-state index contributed by atoms with van der Waals surface area (Å²) in [7, 11) is 0. The summed E-state index contributed by atoms with van der Waals surface area (Å²) in [6.07, 6.45) is 0.437. The Morgan fingerprint density at radius 2 is 1.57 bits per heavy atom. The van der Waals surface area contributed by atoms with E-state index in [-0.39, 0.29) is 12.1 Å². The number of benzene rings is 3. The van der Waals surface area contributed by atoms with E-state index in [1.165, 1.54) is 0 Å². The highest BCUT2D eigenvalue weighted by Crippen LogP contribution is 2.36. The molecule has 0 fully saturated rings. The van der Waals surface area contributed by atoms with Crippen LogP contribution in [0.1, 0.15) is 31.9 Å². The molecule has 0 spiro atoms. The molecule has 2 heteroatoms. The van der Waals surface area contributed by atoms with Crippen molar-refractivity contribution in [2.75, 3.05) is 0 Å². The van der Waals surface area contributed by atoms with Crippen LogP contribution in [0.3, 0.4) is 0 Å². The predicted molar refractivity (Wildman–Crippen MR) is 95.4 cm³/mol. The molecule has 0 aliphatic rings. The van der Waals surface area contributed by atoms with Crippen LogP contribution in [-0.4, -0.2) is 5.97 Å². The third kappa shape index (κ3) is 2.85. The monoisotopic (exact) mass is 304 g/mol. The van der Waals surface area contributed by atoms with Crippen molar-refractivity contribution in [3.8, 4) is 0 Å². The van der Waals surface area contributed by atoms with E-state index < -0.39 is 0 Å². The molecule has 3 aromatic rings. The Kier molecular flexibility index (Phi) is 4.16. The third-order valence-electron chi connectivity index (χ3n) is 4.10. The normalized spacial score (nSPS) is 12.3. The first-order valence-corrected chi connectivity index (χ1v) is 7.88. The van der Waals surface area contributed by atoms with Gasteiger partial charge in [-0.15, -0.1) is 0 Å². The van der Waals surface area contributed by atoms with E-state index in [4.69, 9.17) is 4.74 Å². The van der Waals surface area contributed by atoms with E-state index in [1.807, 2.05) is 31.2 Å². The lowest BCUT2D eigenvalue weighted by Gasteiger charge is -2.21. The van der Waals surface area contributed by atoms with E-state index in [1.54, 1.807) is 6.92 Å². The second kappa shape index (κ2) is 6.25. The van der Waals surface area contributed by atoms with Crippen LogP contribution < -0.4 is 0 Å². The van der Waals surface area contributed by atoms with Gasteiger partial charge in [-0.1, -0.05) is 62.0 Å². The minimum Gasteiger partial charge on any atom is -0.454 e. The zero-order valence-electron chi connectivity index (χ0n) is 13.5. The molecular weight excluding hydrogens is 284 g/mol. The molecule has 1 unspecified atom stereocenters. The zero-order valence-corrected chi connectivity index (χ0v) is 13.5. The van der Waals surface area contributed by atoms with Crippen LogP contribution in [0.5, 0.6) is 0 Å². The van der Waals surface area contributed by atoms with Crippen LogP contribution in [0.2, 0.25) is 0 Å². The number of carbonyl (C=O) groups excluding carboxylic acids is 1. The average molecular weight is 304 g/mol. The topological polar surface area (TPSA) is 26.3 Å². The summed E-state index contributed by atoms with van der Waals surface area (Å²) in [5, 5.41) is 4.58. The molecule has 0 saturated heterocycles. The second-order valence-electron chi connectivity index (χ2n) is 5.82. The van der Waals surface area contributed by atoms with Crippen LogP contribution in [0.15, 0.2) is 66.7 Å². The first-order valence-electron chi connectivity index (χ1n) is 7.88. The summed E-state index contributed by atoms with van der Waals surface area (Å²) in [6, 6.07) is 18.7. The Balaban J connectivity index is 2.26. The number of ether oxygens (including phenoxy) is 1. The summed E-state index contributed by atoms with van der Waals surface area (Å²) >= 11 is 0. The number of carbonyl (C=O) groups is 1. The van der Waals surface area contributed by atoms with E-state index in [0.29, 0.717) is 5.57 Å². The van der Waals surface area contributed by atoms with Gasteiger partial charge in [-0.25, -0.2) is 4.79 Å². The van der Waals surface area contributed by atoms with Crippen molar-refractivity contribution in [3.63, 3.8) is 0 Å². The van der Waals surface area contributed by atoms with Crippen molar-refractivity contribution in [2.24, 2.45) is 0 Å². The van der Waals surface area contributed by atoms with Gasteiger partial charge in [-0.2, -0.15) is 0 Å². The van der Waals surface area contributed by atoms with Crippen molar-refractivity contribution >= 4 is 27.5 Å². The number of hydrogen-bond acceptors (Lipinski definition) is 2. The molecule has 1 atom stereocenters. The van der Waals surface area contributed by atoms with Crippen LogP contribution in [0, 0.1) is 0 Å². The summed E-state index contributed by atoms with van der Waals surface area (Å²) in [5.41, 5.74) is 1.50. The van der Waals surface area contributed by atoms with Gasteiger partial charge in [0.2, 0.25) is 0 Å². The smallest absolute Gasteiger partial charge is 0.333 e. The molecule has 0 bridgehead atoms. The number of hydrogen-bond donors (Lipinski definition) is 0. The maximum atomic E-state index is 12.0. The van der Waals surface area contributed by atoms with Gasteiger partial charge in [0.05, 0.1) is 0 Å². The number of rotatable bonds is 4. The van der Waals surface area contributed by atoms with Gasteiger partial charge in [-0.3, -0.25) is 0 Å². The van der Waals surface area contributed by atoms with Crippen molar-refractivity contribution in [1.29, 1.82) is 0 Å². The molecule has 3 rings (SSSR count). The van der Waals surface area contributed by atoms with Crippen LogP contribution in [0.4, 0.5) is 0 Å². The molecule has 0 aliphatic carbocycles. The van der Waals surface area contributed by atoms with Crippen molar-refractivity contribution in [3.05, 3.63) is 72.3 Å². The van der Waals surface area contributed by atoms with Gasteiger partial charge in [0, 0.05) is 11.1 Å². The lowest BCUT2D eigenvalue weighted by Crippen LogP contribution is -2.12. The highest BCUT2D eigenvalue weighted by atomic mass is 16.5. The van der Waals surface area contributed by atoms with Crippen molar-refractivity contribution < 1.29 is 9.53 Å². The van der Waals surface area contributed by atoms with Crippen molar-refractivity contribution in [1.82, 2.24) is 0 Å². The molecule has 0 heterocycles. The Bertz CT molecular complexity index is 839. The number of esters is 1. The molecule has 0 aromatic heterocycles. The fourth-order valence-corrected chi connectivity index (χ4v) is 2.97. The van der Waals surface area contributed by atoms with Gasteiger partial charge in [0.25, 0.3) is 0 Å². The van der Waals surface area contributed by atoms with Crippen LogP contribution in [0.25, 0.3) is 21.5 Å². The highest BCUT2D eigenvalue weighted by Gasteiger charge is 2.20. The lowest BCUT2D eigenvalue weighted by atomic mass is 9.92. The Morgan fingerprint density at radius 1 is 1.04 bits per heavy atom. The largest absolute Gasteiger partial charge is 0.454 e. The molecular formula is C21H20O2. The fourth-order valence-electron chi connectivity index (χ4n) is 2.97. The summed E-state index contributed by atoms with van der Waals surface area (Å²) in [6.45, 7) is 7.40. The number of fused-ring (bicyclic) bond motifs is 2. The zero-order chi connectivity index (χ0) is 16.4. The lowest BCUT2D eigenvalue weighted by molar-refractivity contribution is -0.144. The van der Waals surface area contributed by atoms with Gasteiger partial charge in [0.15, 0.2) is 0 Å².